The second-order valence-corrected chi connectivity index (χ2v) is 9.80. The summed E-state index contributed by atoms with van der Waals surface area (Å²) in [6, 6.07) is 10.4. The summed E-state index contributed by atoms with van der Waals surface area (Å²) in [4.78, 5) is 46.5. The van der Waals surface area contributed by atoms with E-state index in [1.54, 1.807) is 36.7 Å². The minimum Gasteiger partial charge on any atom is -0.478 e. The number of benzene rings is 1. The summed E-state index contributed by atoms with van der Waals surface area (Å²) < 4.78 is 1.89. The molecule has 1 amide bonds. The van der Waals surface area contributed by atoms with Crippen molar-refractivity contribution < 1.29 is 14.7 Å². The highest BCUT2D eigenvalue weighted by Gasteiger charge is 2.28. The van der Waals surface area contributed by atoms with Gasteiger partial charge in [0.15, 0.2) is 0 Å². The van der Waals surface area contributed by atoms with Gasteiger partial charge in [-0.25, -0.2) is 9.78 Å². The van der Waals surface area contributed by atoms with E-state index < -0.39 is 17.3 Å². The van der Waals surface area contributed by atoms with E-state index in [2.05, 4.69) is 15.3 Å². The Labute approximate surface area is 221 Å². The number of pyridine rings is 3. The van der Waals surface area contributed by atoms with Gasteiger partial charge in [-0.3, -0.25) is 14.6 Å². The summed E-state index contributed by atoms with van der Waals surface area (Å²) in [5.74, 6) is -1.46. The molecule has 0 aliphatic heterocycles. The third-order valence-electron chi connectivity index (χ3n) is 6.85. The molecule has 4 aromatic rings. The number of amides is 1. The predicted octanol–water partition coefficient (Wildman–Crippen LogP) is 5.95. The van der Waals surface area contributed by atoms with Crippen LogP contribution in [0.5, 0.6) is 0 Å². The van der Waals surface area contributed by atoms with Crippen molar-refractivity contribution in [3.8, 4) is 0 Å². The van der Waals surface area contributed by atoms with E-state index >= 15 is 0 Å². The Morgan fingerprint density at radius 1 is 0.973 bits per heavy atom. The van der Waals surface area contributed by atoms with Crippen LogP contribution >= 0.6 is 23.2 Å². The Bertz CT molecular complexity index is 1560. The van der Waals surface area contributed by atoms with Crippen LogP contribution in [0.2, 0.25) is 10.0 Å². The van der Waals surface area contributed by atoms with Gasteiger partial charge in [0.05, 0.1) is 26.7 Å². The number of hydrogen-bond acceptors (Lipinski definition) is 5. The summed E-state index contributed by atoms with van der Waals surface area (Å²) in [6.45, 7) is 0. The number of hydrogen-bond donors (Lipinski definition) is 2. The third-order valence-corrected chi connectivity index (χ3v) is 7.42. The number of carboxylic acids is 1. The monoisotopic (exact) mass is 536 g/mol. The number of aromatic carboxylic acids is 1. The zero-order chi connectivity index (χ0) is 26.1. The molecule has 0 bridgehead atoms. The van der Waals surface area contributed by atoms with Crippen molar-refractivity contribution in [3.05, 3.63) is 98.1 Å². The summed E-state index contributed by atoms with van der Waals surface area (Å²) in [5, 5.41) is 12.9. The van der Waals surface area contributed by atoms with Crippen molar-refractivity contribution >= 4 is 51.8 Å². The van der Waals surface area contributed by atoms with Crippen molar-refractivity contribution in [1.29, 1.82) is 0 Å². The van der Waals surface area contributed by atoms with Crippen LogP contribution in [-0.2, 0) is 0 Å². The maximum Gasteiger partial charge on any atom is 0.335 e. The van der Waals surface area contributed by atoms with Crippen LogP contribution in [0.3, 0.4) is 0 Å². The Kier molecular flexibility index (Phi) is 6.95. The lowest BCUT2D eigenvalue weighted by atomic mass is 9.80. The molecule has 0 unspecified atom stereocenters. The fourth-order valence-electron chi connectivity index (χ4n) is 5.05. The smallest absolute Gasteiger partial charge is 0.335 e. The van der Waals surface area contributed by atoms with Gasteiger partial charge >= 0.3 is 5.97 Å². The van der Waals surface area contributed by atoms with Gasteiger partial charge in [0, 0.05) is 30.8 Å². The van der Waals surface area contributed by atoms with Gasteiger partial charge in [-0.05, 0) is 55.4 Å². The lowest BCUT2D eigenvalue weighted by Crippen LogP contribution is -2.27. The molecule has 188 valence electrons. The normalized spacial score (nSPS) is 17.5. The van der Waals surface area contributed by atoms with Crippen LogP contribution in [0.1, 0.15) is 63.9 Å². The van der Waals surface area contributed by atoms with Crippen molar-refractivity contribution in [2.24, 2.45) is 0 Å². The van der Waals surface area contributed by atoms with Crippen LogP contribution in [0, 0.1) is 0 Å². The van der Waals surface area contributed by atoms with E-state index in [9.17, 15) is 19.5 Å². The minimum absolute atomic E-state index is 0.0223. The number of fused-ring (bicyclic) bond motifs is 1. The van der Waals surface area contributed by atoms with Gasteiger partial charge in [-0.1, -0.05) is 41.4 Å². The average molecular weight is 537 g/mol. The molecule has 0 saturated heterocycles. The Morgan fingerprint density at radius 2 is 1.68 bits per heavy atom. The largest absolute Gasteiger partial charge is 0.478 e. The molecule has 3 aromatic heterocycles. The second-order valence-electron chi connectivity index (χ2n) is 8.98. The van der Waals surface area contributed by atoms with E-state index in [1.807, 2.05) is 16.7 Å². The third kappa shape index (κ3) is 4.82. The summed E-state index contributed by atoms with van der Waals surface area (Å²) >= 11 is 12.3. The molecule has 0 radical (unpaired) electrons. The number of anilines is 1. The number of halogens is 2. The number of carbonyl (C=O) groups excluding carboxylic acids is 1. The number of nitrogens with zero attached hydrogens (tertiary/aromatic N) is 3. The molecule has 1 aliphatic rings. The zero-order valence-electron chi connectivity index (χ0n) is 19.5. The van der Waals surface area contributed by atoms with Crippen LogP contribution in [0.25, 0.3) is 11.0 Å². The Hall–Kier alpha value is -3.75. The highest BCUT2D eigenvalue weighted by atomic mass is 35.5. The Morgan fingerprint density at radius 3 is 2.38 bits per heavy atom. The van der Waals surface area contributed by atoms with Crippen molar-refractivity contribution in [2.75, 3.05) is 5.32 Å². The topological polar surface area (TPSA) is 114 Å². The summed E-state index contributed by atoms with van der Waals surface area (Å²) in [5.41, 5.74) is 1.35. The molecule has 37 heavy (non-hydrogen) atoms. The molecule has 5 rings (SSSR count). The molecule has 3 heterocycles. The number of rotatable bonds is 5. The number of nitrogens with one attached hydrogen (secondary N) is 1. The SMILES string of the molecule is O=C(O)c1ccccc1C1CCC(n2cc(C(=O)Nc3c(Cl)cncc3Cl)c(=O)c3cccnc32)CC1. The fourth-order valence-corrected chi connectivity index (χ4v) is 5.51. The summed E-state index contributed by atoms with van der Waals surface area (Å²) in [7, 11) is 0. The standard InChI is InChI=1S/C27H22Cl2N4O4/c28-21-12-30-13-22(29)23(21)32-26(35)20-14-33(25-19(24(20)34)6-3-11-31-25)16-9-7-15(8-10-16)17-4-1-2-5-18(17)27(36)37/h1-6,11-16H,7-10H2,(H,36,37)(H,30,32,35). The van der Waals surface area contributed by atoms with Gasteiger partial charge in [-0.2, -0.15) is 0 Å². The zero-order valence-corrected chi connectivity index (χ0v) is 21.0. The van der Waals surface area contributed by atoms with E-state index in [0.717, 1.165) is 31.2 Å². The highest BCUT2D eigenvalue weighted by molar-refractivity contribution is 6.39. The lowest BCUT2D eigenvalue weighted by molar-refractivity contribution is 0.0694. The Balaban J connectivity index is 1.48. The van der Waals surface area contributed by atoms with Crippen molar-refractivity contribution in [3.63, 3.8) is 0 Å². The molecule has 0 atom stereocenters. The lowest BCUT2D eigenvalue weighted by Gasteiger charge is -2.31. The summed E-state index contributed by atoms with van der Waals surface area (Å²) in [6.07, 6.45) is 8.86. The van der Waals surface area contributed by atoms with Crippen LogP contribution < -0.4 is 10.7 Å². The van der Waals surface area contributed by atoms with E-state index in [4.69, 9.17) is 23.2 Å². The first-order valence-electron chi connectivity index (χ1n) is 11.8. The minimum atomic E-state index is -0.932. The molecule has 0 spiro atoms. The van der Waals surface area contributed by atoms with Gasteiger partial charge in [0.2, 0.25) is 5.43 Å². The van der Waals surface area contributed by atoms with Gasteiger partial charge in [-0.15, -0.1) is 0 Å². The molecule has 1 aromatic carbocycles. The van der Waals surface area contributed by atoms with Crippen LogP contribution in [0.15, 0.2) is 66.0 Å². The van der Waals surface area contributed by atoms with Crippen LogP contribution in [-0.4, -0.2) is 31.5 Å². The van der Waals surface area contributed by atoms with Gasteiger partial charge < -0.3 is 15.0 Å². The average Bonchev–Trinajstić information content (AvgIpc) is 2.91. The maximum atomic E-state index is 13.3. The first-order chi connectivity index (χ1) is 17.8. The molecule has 2 N–H and O–H groups in total. The highest BCUT2D eigenvalue weighted by Crippen LogP contribution is 2.40. The number of carbonyl (C=O) groups is 2. The van der Waals surface area contributed by atoms with Gasteiger partial charge in [0.25, 0.3) is 5.91 Å². The molecule has 1 saturated carbocycles. The molecule has 1 aliphatic carbocycles. The van der Waals surface area contributed by atoms with E-state index in [0.29, 0.717) is 16.6 Å². The van der Waals surface area contributed by atoms with Gasteiger partial charge in [0.1, 0.15) is 11.2 Å². The molecular formula is C27H22Cl2N4O4. The van der Waals surface area contributed by atoms with E-state index in [-0.39, 0.29) is 33.3 Å². The van der Waals surface area contributed by atoms with Crippen LogP contribution in [0.4, 0.5) is 5.69 Å². The maximum absolute atomic E-state index is 13.3. The quantitative estimate of drug-likeness (QED) is 0.325. The number of carboxylic acid groups (broad SMARTS) is 1. The first kappa shape index (κ1) is 24.9. The molecule has 10 heteroatoms. The second kappa shape index (κ2) is 10.3. The molecule has 8 nitrogen and oxygen atoms in total. The van der Waals surface area contributed by atoms with Crippen molar-refractivity contribution in [1.82, 2.24) is 14.5 Å². The molecular weight excluding hydrogens is 515 g/mol. The first-order valence-corrected chi connectivity index (χ1v) is 12.5. The predicted molar refractivity (Wildman–Crippen MR) is 142 cm³/mol. The molecule has 1 fully saturated rings. The van der Waals surface area contributed by atoms with E-state index in [1.165, 1.54) is 12.4 Å². The van der Waals surface area contributed by atoms with Crippen molar-refractivity contribution in [2.45, 2.75) is 37.6 Å². The number of aromatic nitrogens is 3. The fraction of sp³-hybridized carbons (Fsp3) is 0.222.